The third-order valence-corrected chi connectivity index (χ3v) is 7.01. The van der Waals surface area contributed by atoms with Crippen molar-refractivity contribution in [3.63, 3.8) is 0 Å². The Bertz CT molecular complexity index is 1640. The molecule has 192 valence electrons. The van der Waals surface area contributed by atoms with Gasteiger partial charge in [-0.1, -0.05) is 30.3 Å². The molecule has 9 heteroatoms. The fraction of sp³-hybridized carbons (Fsp3) is 0.207. The van der Waals surface area contributed by atoms with Gasteiger partial charge in [0.25, 0.3) is 11.5 Å². The van der Waals surface area contributed by atoms with Gasteiger partial charge in [0.15, 0.2) is 0 Å². The van der Waals surface area contributed by atoms with Crippen molar-refractivity contribution in [3.8, 4) is 11.3 Å². The van der Waals surface area contributed by atoms with E-state index in [1.165, 1.54) is 11.9 Å². The second kappa shape index (κ2) is 10.0. The molecular formula is C29H29N7O2. The third kappa shape index (κ3) is 4.96. The van der Waals surface area contributed by atoms with Crippen LogP contribution < -0.4 is 15.8 Å². The Balaban J connectivity index is 1.20. The lowest BCUT2D eigenvalue weighted by Crippen LogP contribution is -2.44. The highest BCUT2D eigenvalue weighted by atomic mass is 16.1. The lowest BCUT2D eigenvalue weighted by Gasteiger charge is -2.34. The standard InChI is InChI=1S/C29H29N7O2/c1-34-9-11-35(12-10-34)24-7-8-26-21(13-24)14-27(33-26)25-15-23(17-30-29(25)38)32-28(37)22-16-31-36(19-22)18-20-5-3-2-4-6-20/h2-8,13-17,19,33H,9-12,18H2,1H3,(H,30,38)(H,32,37). The maximum atomic E-state index is 12.9. The van der Waals surface area contributed by atoms with E-state index in [0.717, 1.165) is 42.6 Å². The summed E-state index contributed by atoms with van der Waals surface area (Å²) in [6.45, 7) is 4.64. The van der Waals surface area contributed by atoms with Crippen LogP contribution in [0.5, 0.6) is 0 Å². The number of benzene rings is 2. The average Bonchev–Trinajstić information content (AvgIpc) is 3.57. The number of pyridine rings is 1. The van der Waals surface area contributed by atoms with E-state index < -0.39 is 0 Å². The largest absolute Gasteiger partial charge is 0.369 e. The molecule has 0 saturated carbocycles. The first-order valence-corrected chi connectivity index (χ1v) is 12.7. The van der Waals surface area contributed by atoms with E-state index in [1.54, 1.807) is 23.1 Å². The molecule has 0 atom stereocenters. The highest BCUT2D eigenvalue weighted by molar-refractivity contribution is 6.04. The van der Waals surface area contributed by atoms with Crippen LogP contribution in [0.4, 0.5) is 11.4 Å². The number of amides is 1. The van der Waals surface area contributed by atoms with Gasteiger partial charge in [0, 0.05) is 55.2 Å². The summed E-state index contributed by atoms with van der Waals surface area (Å²) >= 11 is 0. The molecule has 3 aromatic heterocycles. The summed E-state index contributed by atoms with van der Waals surface area (Å²) < 4.78 is 1.73. The summed E-state index contributed by atoms with van der Waals surface area (Å²) in [7, 11) is 2.14. The van der Waals surface area contributed by atoms with Crippen molar-refractivity contribution in [2.75, 3.05) is 43.4 Å². The molecule has 38 heavy (non-hydrogen) atoms. The van der Waals surface area contributed by atoms with Crippen LogP contribution in [-0.2, 0) is 6.54 Å². The van der Waals surface area contributed by atoms with Crippen molar-refractivity contribution in [1.82, 2.24) is 24.6 Å². The molecule has 4 heterocycles. The summed E-state index contributed by atoms with van der Waals surface area (Å²) in [5.74, 6) is -0.296. The molecule has 0 spiro atoms. The first-order valence-electron chi connectivity index (χ1n) is 12.7. The molecule has 1 aliphatic rings. The molecule has 3 N–H and O–H groups in total. The zero-order valence-corrected chi connectivity index (χ0v) is 21.1. The second-order valence-corrected chi connectivity index (χ2v) is 9.74. The van der Waals surface area contributed by atoms with Crippen molar-refractivity contribution >= 4 is 28.2 Å². The predicted molar refractivity (Wildman–Crippen MR) is 150 cm³/mol. The lowest BCUT2D eigenvalue weighted by molar-refractivity contribution is 0.102. The van der Waals surface area contributed by atoms with Gasteiger partial charge in [-0.05, 0) is 42.9 Å². The zero-order chi connectivity index (χ0) is 26.1. The Kier molecular flexibility index (Phi) is 6.27. The number of likely N-dealkylation sites (N-methyl/N-ethyl adjacent to an activating group) is 1. The molecule has 5 aromatic rings. The number of rotatable bonds is 6. The first-order chi connectivity index (χ1) is 18.5. The molecule has 1 fully saturated rings. The Hall–Kier alpha value is -4.63. The second-order valence-electron chi connectivity index (χ2n) is 9.74. The number of carbonyl (C=O) groups excluding carboxylic acids is 1. The van der Waals surface area contributed by atoms with Crippen LogP contribution in [-0.4, -0.2) is 63.8 Å². The molecule has 6 rings (SSSR count). The molecule has 2 aromatic carbocycles. The zero-order valence-electron chi connectivity index (χ0n) is 21.1. The van der Waals surface area contributed by atoms with E-state index in [0.29, 0.717) is 29.1 Å². The molecular weight excluding hydrogens is 478 g/mol. The molecule has 1 amide bonds. The summed E-state index contributed by atoms with van der Waals surface area (Å²) in [4.78, 5) is 36.4. The van der Waals surface area contributed by atoms with E-state index in [-0.39, 0.29) is 11.5 Å². The van der Waals surface area contributed by atoms with Crippen LogP contribution in [0.3, 0.4) is 0 Å². The van der Waals surface area contributed by atoms with Gasteiger partial charge >= 0.3 is 0 Å². The number of nitrogens with zero attached hydrogens (tertiary/aromatic N) is 4. The van der Waals surface area contributed by atoms with Crippen molar-refractivity contribution in [3.05, 3.63) is 101 Å². The van der Waals surface area contributed by atoms with Gasteiger partial charge in [-0.3, -0.25) is 14.3 Å². The molecule has 0 radical (unpaired) electrons. The summed E-state index contributed by atoms with van der Waals surface area (Å²) in [6, 6.07) is 19.9. The third-order valence-electron chi connectivity index (χ3n) is 7.01. The van der Waals surface area contributed by atoms with Crippen LogP contribution >= 0.6 is 0 Å². The molecule has 0 bridgehead atoms. The van der Waals surface area contributed by atoms with Crippen LogP contribution in [0.2, 0.25) is 0 Å². The van der Waals surface area contributed by atoms with Crippen LogP contribution in [0.25, 0.3) is 22.2 Å². The molecule has 1 saturated heterocycles. The number of carbonyl (C=O) groups is 1. The van der Waals surface area contributed by atoms with E-state index >= 15 is 0 Å². The number of hydrogen-bond acceptors (Lipinski definition) is 5. The van der Waals surface area contributed by atoms with E-state index in [9.17, 15) is 9.59 Å². The van der Waals surface area contributed by atoms with Crippen molar-refractivity contribution < 1.29 is 4.79 Å². The molecule has 1 aliphatic heterocycles. The Labute approximate surface area is 219 Å². The highest BCUT2D eigenvalue weighted by Gasteiger charge is 2.16. The summed E-state index contributed by atoms with van der Waals surface area (Å²) in [6.07, 6.45) is 4.76. The van der Waals surface area contributed by atoms with E-state index in [2.05, 4.69) is 55.4 Å². The number of aromatic amines is 2. The summed E-state index contributed by atoms with van der Waals surface area (Å²) in [5, 5.41) is 8.22. The normalized spacial score (nSPS) is 14.2. The lowest BCUT2D eigenvalue weighted by atomic mass is 10.1. The quantitative estimate of drug-likeness (QED) is 0.325. The Morgan fingerprint density at radius 3 is 2.66 bits per heavy atom. The number of aromatic nitrogens is 4. The number of anilines is 2. The Morgan fingerprint density at radius 1 is 1.03 bits per heavy atom. The maximum Gasteiger partial charge on any atom is 0.258 e. The minimum atomic E-state index is -0.296. The van der Waals surface area contributed by atoms with Gasteiger partial charge in [0.05, 0.1) is 35.2 Å². The van der Waals surface area contributed by atoms with Crippen LogP contribution in [0.1, 0.15) is 15.9 Å². The highest BCUT2D eigenvalue weighted by Crippen LogP contribution is 2.27. The number of nitrogens with one attached hydrogen (secondary N) is 3. The van der Waals surface area contributed by atoms with Gasteiger partial charge in [-0.25, -0.2) is 0 Å². The van der Waals surface area contributed by atoms with Crippen molar-refractivity contribution in [2.45, 2.75) is 6.54 Å². The number of piperazine rings is 1. The smallest absolute Gasteiger partial charge is 0.258 e. The van der Waals surface area contributed by atoms with Gasteiger partial charge in [0.1, 0.15) is 0 Å². The average molecular weight is 508 g/mol. The molecule has 9 nitrogen and oxygen atoms in total. The van der Waals surface area contributed by atoms with E-state index in [1.807, 2.05) is 36.4 Å². The van der Waals surface area contributed by atoms with Crippen molar-refractivity contribution in [2.24, 2.45) is 0 Å². The van der Waals surface area contributed by atoms with Gasteiger partial charge in [-0.15, -0.1) is 0 Å². The minimum absolute atomic E-state index is 0.232. The maximum absolute atomic E-state index is 12.9. The fourth-order valence-corrected chi connectivity index (χ4v) is 4.82. The molecule has 0 unspecified atom stereocenters. The topological polar surface area (TPSA) is 102 Å². The van der Waals surface area contributed by atoms with Gasteiger partial charge < -0.3 is 25.1 Å². The van der Waals surface area contributed by atoms with Gasteiger partial charge in [0.2, 0.25) is 0 Å². The number of H-pyrrole nitrogens is 2. The van der Waals surface area contributed by atoms with E-state index in [4.69, 9.17) is 0 Å². The van der Waals surface area contributed by atoms with Crippen LogP contribution in [0, 0.1) is 0 Å². The first kappa shape index (κ1) is 23.7. The summed E-state index contributed by atoms with van der Waals surface area (Å²) in [5.41, 5.74) is 5.10. The van der Waals surface area contributed by atoms with Crippen LogP contribution in [0.15, 0.2) is 84.0 Å². The monoisotopic (exact) mass is 507 g/mol. The number of hydrogen-bond donors (Lipinski definition) is 3. The predicted octanol–water partition coefficient (Wildman–Crippen LogP) is 3.77. The van der Waals surface area contributed by atoms with Gasteiger partial charge in [-0.2, -0.15) is 5.10 Å². The number of fused-ring (bicyclic) bond motifs is 1. The molecule has 0 aliphatic carbocycles. The Morgan fingerprint density at radius 2 is 1.84 bits per heavy atom. The van der Waals surface area contributed by atoms with Crippen molar-refractivity contribution in [1.29, 1.82) is 0 Å². The SMILES string of the molecule is CN1CCN(c2ccc3[nH]c(-c4cc(NC(=O)c5cnn(Cc6ccccc6)c5)c[nH]c4=O)cc3c2)CC1. The fourth-order valence-electron chi connectivity index (χ4n) is 4.82. The minimum Gasteiger partial charge on any atom is -0.369 e.